The molecular formula is C24H39IN6O2. The molecule has 0 saturated heterocycles. The number of hydrogen-bond donors (Lipinski definition) is 3. The van der Waals surface area contributed by atoms with Gasteiger partial charge in [0.15, 0.2) is 5.96 Å². The largest absolute Gasteiger partial charge is 0.444 e. The Morgan fingerprint density at radius 1 is 1.24 bits per heavy atom. The van der Waals surface area contributed by atoms with E-state index in [0.717, 1.165) is 25.8 Å². The molecule has 9 heteroatoms. The molecule has 1 aromatic heterocycles. The second-order valence-corrected chi connectivity index (χ2v) is 8.85. The zero-order valence-corrected chi connectivity index (χ0v) is 22.8. The molecule has 8 nitrogen and oxygen atoms in total. The number of carbonyl (C=O) groups is 1. The lowest BCUT2D eigenvalue weighted by Crippen LogP contribution is -2.48. The first-order chi connectivity index (χ1) is 15.3. The average Bonchev–Trinajstić information content (AvgIpc) is 3.24. The normalized spacial score (nSPS) is 12.5. The first kappa shape index (κ1) is 28.7. The van der Waals surface area contributed by atoms with Gasteiger partial charge in [-0.15, -0.1) is 24.0 Å². The molecule has 1 amide bonds. The number of hydrogen-bond acceptors (Lipinski definition) is 4. The third-order valence-electron chi connectivity index (χ3n) is 4.74. The van der Waals surface area contributed by atoms with E-state index in [4.69, 9.17) is 4.74 Å². The molecule has 0 aliphatic carbocycles. The van der Waals surface area contributed by atoms with Crippen molar-refractivity contribution in [2.24, 2.45) is 4.99 Å². The second kappa shape index (κ2) is 14.8. The van der Waals surface area contributed by atoms with Gasteiger partial charge in [0.05, 0.1) is 6.33 Å². The highest BCUT2D eigenvalue weighted by molar-refractivity contribution is 14.0. The summed E-state index contributed by atoms with van der Waals surface area (Å²) in [6.07, 6.45) is 8.22. The van der Waals surface area contributed by atoms with Gasteiger partial charge in [0.2, 0.25) is 0 Å². The van der Waals surface area contributed by atoms with Gasteiger partial charge in [0, 0.05) is 45.1 Å². The number of alkyl carbamates (subject to hydrolysis) is 1. The van der Waals surface area contributed by atoms with Crippen molar-refractivity contribution in [1.29, 1.82) is 0 Å². The number of ether oxygens (including phenoxy) is 1. The van der Waals surface area contributed by atoms with E-state index in [0.29, 0.717) is 19.0 Å². The maximum atomic E-state index is 12.0. The summed E-state index contributed by atoms with van der Waals surface area (Å²) in [5, 5.41) is 9.68. The highest BCUT2D eigenvalue weighted by Crippen LogP contribution is 2.08. The van der Waals surface area contributed by atoms with Crippen LogP contribution in [0.3, 0.4) is 0 Å². The summed E-state index contributed by atoms with van der Waals surface area (Å²) in [5.41, 5.74) is 1.87. The number of benzene rings is 1. The Kier molecular flexibility index (Phi) is 12.9. The minimum absolute atomic E-state index is 0. The summed E-state index contributed by atoms with van der Waals surface area (Å²) >= 11 is 0. The standard InChI is InChI=1S/C24H38N6O2.HI/c1-6-7-11-21(16-28-23(31)32-24(2,3)4)29-22(25-5)27-15-19-9-8-10-20(14-19)17-30-13-12-26-18-30;/h8-10,12-14,18,21H,6-7,11,15-17H2,1-5H3,(H,28,31)(H2,25,27,29);1H. The summed E-state index contributed by atoms with van der Waals surface area (Å²) in [7, 11) is 1.75. The van der Waals surface area contributed by atoms with Gasteiger partial charge in [0.25, 0.3) is 0 Å². The molecule has 1 atom stereocenters. The second-order valence-electron chi connectivity index (χ2n) is 8.85. The lowest BCUT2D eigenvalue weighted by molar-refractivity contribution is 0.0523. The number of amides is 1. The smallest absolute Gasteiger partial charge is 0.407 e. The van der Waals surface area contributed by atoms with E-state index < -0.39 is 11.7 Å². The zero-order chi connectivity index (χ0) is 23.4. The van der Waals surface area contributed by atoms with Crippen LogP contribution in [0.4, 0.5) is 4.79 Å². The van der Waals surface area contributed by atoms with Crippen molar-refractivity contribution in [3.8, 4) is 0 Å². The average molecular weight is 571 g/mol. The molecular weight excluding hydrogens is 531 g/mol. The quantitative estimate of drug-likeness (QED) is 0.225. The van der Waals surface area contributed by atoms with E-state index in [9.17, 15) is 4.79 Å². The van der Waals surface area contributed by atoms with Gasteiger partial charge in [-0.2, -0.15) is 0 Å². The molecule has 0 radical (unpaired) electrons. The monoisotopic (exact) mass is 570 g/mol. The molecule has 0 aliphatic heterocycles. The fourth-order valence-electron chi connectivity index (χ4n) is 3.20. The molecule has 1 aromatic carbocycles. The summed E-state index contributed by atoms with van der Waals surface area (Å²) in [5.74, 6) is 0.706. The lowest BCUT2D eigenvalue weighted by atomic mass is 10.1. The number of nitrogens with one attached hydrogen (secondary N) is 3. The fourth-order valence-corrected chi connectivity index (χ4v) is 3.20. The molecule has 2 aromatic rings. The first-order valence-electron chi connectivity index (χ1n) is 11.3. The van der Waals surface area contributed by atoms with E-state index >= 15 is 0 Å². The van der Waals surface area contributed by atoms with E-state index in [2.05, 4.69) is 57.1 Å². The predicted molar refractivity (Wildman–Crippen MR) is 144 cm³/mol. The van der Waals surface area contributed by atoms with Gasteiger partial charge in [-0.25, -0.2) is 9.78 Å². The van der Waals surface area contributed by atoms with Gasteiger partial charge < -0.3 is 25.3 Å². The third kappa shape index (κ3) is 11.9. The van der Waals surface area contributed by atoms with Crippen LogP contribution >= 0.6 is 24.0 Å². The number of guanidine groups is 1. The molecule has 3 N–H and O–H groups in total. The van der Waals surface area contributed by atoms with Gasteiger partial charge in [-0.1, -0.05) is 44.0 Å². The molecule has 0 fully saturated rings. The van der Waals surface area contributed by atoms with Gasteiger partial charge in [-0.05, 0) is 38.3 Å². The van der Waals surface area contributed by atoms with Crippen molar-refractivity contribution in [3.05, 3.63) is 54.1 Å². The minimum Gasteiger partial charge on any atom is -0.444 e. The van der Waals surface area contributed by atoms with Gasteiger partial charge in [-0.3, -0.25) is 4.99 Å². The number of aliphatic imine (C=N–C) groups is 1. The van der Waals surface area contributed by atoms with Crippen molar-refractivity contribution >= 4 is 36.0 Å². The summed E-state index contributed by atoms with van der Waals surface area (Å²) in [6, 6.07) is 8.50. The Morgan fingerprint density at radius 2 is 2.00 bits per heavy atom. The Morgan fingerprint density at radius 3 is 2.64 bits per heavy atom. The molecule has 33 heavy (non-hydrogen) atoms. The predicted octanol–water partition coefficient (Wildman–Crippen LogP) is 4.30. The van der Waals surface area contributed by atoms with Crippen LogP contribution in [0.15, 0.2) is 48.0 Å². The molecule has 2 rings (SSSR count). The third-order valence-corrected chi connectivity index (χ3v) is 4.74. The van der Waals surface area contributed by atoms with E-state index in [-0.39, 0.29) is 30.0 Å². The van der Waals surface area contributed by atoms with Crippen molar-refractivity contribution in [2.45, 2.75) is 71.7 Å². The first-order valence-corrected chi connectivity index (χ1v) is 11.3. The van der Waals surface area contributed by atoms with Crippen LogP contribution in [-0.4, -0.2) is 46.8 Å². The summed E-state index contributed by atoms with van der Waals surface area (Å²) in [6.45, 7) is 9.63. The molecule has 0 bridgehead atoms. The molecule has 1 unspecified atom stereocenters. The number of aromatic nitrogens is 2. The number of imidazole rings is 1. The van der Waals surface area contributed by atoms with E-state index in [1.807, 2.05) is 37.9 Å². The Bertz CT molecular complexity index is 849. The van der Waals surface area contributed by atoms with Crippen molar-refractivity contribution in [2.75, 3.05) is 13.6 Å². The van der Waals surface area contributed by atoms with Gasteiger partial charge >= 0.3 is 6.09 Å². The van der Waals surface area contributed by atoms with Crippen molar-refractivity contribution in [3.63, 3.8) is 0 Å². The minimum atomic E-state index is -0.513. The number of carbonyl (C=O) groups excluding carboxylic acids is 1. The molecule has 0 spiro atoms. The SMILES string of the molecule is CCCCC(CNC(=O)OC(C)(C)C)NC(=NC)NCc1cccc(Cn2ccnc2)c1.I. The van der Waals surface area contributed by atoms with Crippen LogP contribution in [0, 0.1) is 0 Å². The van der Waals surface area contributed by atoms with E-state index in [1.165, 1.54) is 11.1 Å². The summed E-state index contributed by atoms with van der Waals surface area (Å²) < 4.78 is 7.39. The Labute approximate surface area is 215 Å². The van der Waals surface area contributed by atoms with Gasteiger partial charge in [0.1, 0.15) is 5.60 Å². The Hall–Kier alpha value is -2.30. The van der Waals surface area contributed by atoms with Crippen LogP contribution in [0.5, 0.6) is 0 Å². The lowest BCUT2D eigenvalue weighted by Gasteiger charge is -2.24. The molecule has 1 heterocycles. The number of rotatable bonds is 10. The zero-order valence-electron chi connectivity index (χ0n) is 20.4. The highest BCUT2D eigenvalue weighted by atomic mass is 127. The number of halogens is 1. The molecule has 184 valence electrons. The maximum Gasteiger partial charge on any atom is 0.407 e. The van der Waals surface area contributed by atoms with Crippen LogP contribution in [0.1, 0.15) is 58.1 Å². The van der Waals surface area contributed by atoms with Crippen molar-refractivity contribution in [1.82, 2.24) is 25.5 Å². The molecule has 0 saturated carbocycles. The van der Waals surface area contributed by atoms with Crippen LogP contribution in [0.25, 0.3) is 0 Å². The number of unbranched alkanes of at least 4 members (excludes halogenated alkanes) is 1. The number of nitrogens with zero attached hydrogens (tertiary/aromatic N) is 3. The van der Waals surface area contributed by atoms with Crippen LogP contribution in [0.2, 0.25) is 0 Å². The molecule has 0 aliphatic rings. The van der Waals surface area contributed by atoms with E-state index in [1.54, 1.807) is 13.2 Å². The van der Waals surface area contributed by atoms with Crippen LogP contribution < -0.4 is 16.0 Å². The van der Waals surface area contributed by atoms with Crippen LogP contribution in [-0.2, 0) is 17.8 Å². The van der Waals surface area contributed by atoms with Crippen molar-refractivity contribution < 1.29 is 9.53 Å². The summed E-state index contributed by atoms with van der Waals surface area (Å²) in [4.78, 5) is 20.5. The maximum absolute atomic E-state index is 12.0. The highest BCUT2D eigenvalue weighted by Gasteiger charge is 2.18. The topological polar surface area (TPSA) is 92.6 Å². The fraction of sp³-hybridized carbons (Fsp3) is 0.542. The Balaban J connectivity index is 0.00000544.